The van der Waals surface area contributed by atoms with Crippen LogP contribution in [0.15, 0.2) is 30.6 Å². The van der Waals surface area contributed by atoms with Crippen LogP contribution in [0.4, 0.5) is 0 Å². The zero-order valence-corrected chi connectivity index (χ0v) is 14.1. The van der Waals surface area contributed by atoms with E-state index in [1.165, 1.54) is 0 Å². The van der Waals surface area contributed by atoms with Gasteiger partial charge in [-0.2, -0.15) is 0 Å². The van der Waals surface area contributed by atoms with Crippen molar-refractivity contribution in [3.05, 3.63) is 42.0 Å². The minimum absolute atomic E-state index is 0.0828. The summed E-state index contributed by atoms with van der Waals surface area (Å²) in [6, 6.07) is 5.26. The molecule has 0 bridgehead atoms. The summed E-state index contributed by atoms with van der Waals surface area (Å²) in [5.41, 5.74) is 0.566. The molecule has 0 radical (unpaired) electrons. The molecule has 1 N–H and O–H groups in total. The molecule has 1 aromatic heterocycles. The summed E-state index contributed by atoms with van der Waals surface area (Å²) in [7, 11) is 1.95. The van der Waals surface area contributed by atoms with Gasteiger partial charge < -0.3 is 24.1 Å². The highest BCUT2D eigenvalue weighted by atomic mass is 16.6. The second-order valence-electron chi connectivity index (χ2n) is 6.30. The van der Waals surface area contributed by atoms with Crippen molar-refractivity contribution in [1.29, 1.82) is 0 Å². The van der Waals surface area contributed by atoms with E-state index in [2.05, 4.69) is 10.3 Å². The number of ether oxygens (including phenoxy) is 3. The molecular weight excluding hydrogens is 322 g/mol. The van der Waals surface area contributed by atoms with Crippen LogP contribution in [-0.4, -0.2) is 41.8 Å². The van der Waals surface area contributed by atoms with Crippen molar-refractivity contribution in [2.45, 2.75) is 12.5 Å². The number of hydrogen-bond donors (Lipinski definition) is 1. The smallest absolute Gasteiger partial charge is 0.251 e. The zero-order chi connectivity index (χ0) is 17.2. The van der Waals surface area contributed by atoms with Crippen molar-refractivity contribution in [2.24, 2.45) is 13.0 Å². The minimum Gasteiger partial charge on any atom is -0.486 e. The third-order valence-corrected chi connectivity index (χ3v) is 4.66. The van der Waals surface area contributed by atoms with E-state index in [-0.39, 0.29) is 17.9 Å². The lowest BCUT2D eigenvalue weighted by molar-refractivity contribution is 0.0779. The summed E-state index contributed by atoms with van der Waals surface area (Å²) < 4.78 is 18.8. The topological polar surface area (TPSA) is 74.6 Å². The fraction of sp³-hybridized carbons (Fsp3) is 0.444. The molecule has 132 valence electrons. The SMILES string of the molecule is Cn1ccnc1[C@@H]1OCC[C@H]1CNC(=O)c1ccc2c(c1)OCCO2. The third kappa shape index (κ3) is 3.19. The summed E-state index contributed by atoms with van der Waals surface area (Å²) in [5.74, 6) is 2.29. The molecule has 1 amide bonds. The van der Waals surface area contributed by atoms with Gasteiger partial charge in [0.25, 0.3) is 5.91 Å². The van der Waals surface area contributed by atoms with Gasteiger partial charge in [0.05, 0.1) is 0 Å². The average Bonchev–Trinajstić information content (AvgIpc) is 3.27. The van der Waals surface area contributed by atoms with Gasteiger partial charge in [-0.1, -0.05) is 0 Å². The largest absolute Gasteiger partial charge is 0.486 e. The van der Waals surface area contributed by atoms with Gasteiger partial charge in [-0.3, -0.25) is 4.79 Å². The molecule has 2 atom stereocenters. The second kappa shape index (κ2) is 6.76. The number of benzene rings is 1. The first-order chi connectivity index (χ1) is 12.2. The number of aryl methyl sites for hydroxylation is 1. The van der Waals surface area contributed by atoms with Gasteiger partial charge in [0.2, 0.25) is 0 Å². The Balaban J connectivity index is 1.41. The highest BCUT2D eigenvalue weighted by Crippen LogP contribution is 2.33. The van der Waals surface area contributed by atoms with Gasteiger partial charge >= 0.3 is 0 Å². The number of rotatable bonds is 4. The van der Waals surface area contributed by atoms with Gasteiger partial charge in [-0.15, -0.1) is 0 Å². The predicted molar refractivity (Wildman–Crippen MR) is 89.8 cm³/mol. The molecule has 4 rings (SSSR count). The van der Waals surface area contributed by atoms with Crippen molar-refractivity contribution in [1.82, 2.24) is 14.9 Å². The monoisotopic (exact) mass is 343 g/mol. The summed E-state index contributed by atoms with van der Waals surface area (Å²) in [5, 5.41) is 3.01. The van der Waals surface area contributed by atoms with Crippen LogP contribution in [0.1, 0.15) is 28.7 Å². The number of nitrogens with zero attached hydrogens (tertiary/aromatic N) is 2. The molecule has 2 aromatic rings. The first-order valence-electron chi connectivity index (χ1n) is 8.49. The van der Waals surface area contributed by atoms with E-state index in [4.69, 9.17) is 14.2 Å². The Kier molecular flexibility index (Phi) is 4.31. The van der Waals surface area contributed by atoms with Crippen LogP contribution in [0.25, 0.3) is 0 Å². The van der Waals surface area contributed by atoms with Gasteiger partial charge in [-0.25, -0.2) is 4.98 Å². The quantitative estimate of drug-likeness (QED) is 0.915. The molecule has 0 saturated carbocycles. The Morgan fingerprint density at radius 2 is 2.12 bits per heavy atom. The Bertz CT molecular complexity index is 773. The average molecular weight is 343 g/mol. The summed E-state index contributed by atoms with van der Waals surface area (Å²) in [4.78, 5) is 16.9. The molecule has 7 nitrogen and oxygen atoms in total. The predicted octanol–water partition coefficient (Wildman–Crippen LogP) is 1.70. The molecule has 25 heavy (non-hydrogen) atoms. The van der Waals surface area contributed by atoms with Crippen LogP contribution in [0.3, 0.4) is 0 Å². The van der Waals surface area contributed by atoms with E-state index in [9.17, 15) is 4.79 Å². The molecule has 0 aliphatic carbocycles. The number of carbonyl (C=O) groups is 1. The van der Waals surface area contributed by atoms with Crippen LogP contribution in [-0.2, 0) is 11.8 Å². The maximum atomic E-state index is 12.5. The van der Waals surface area contributed by atoms with E-state index in [1.54, 1.807) is 24.4 Å². The highest BCUT2D eigenvalue weighted by Gasteiger charge is 2.32. The van der Waals surface area contributed by atoms with Crippen LogP contribution in [0, 0.1) is 5.92 Å². The van der Waals surface area contributed by atoms with Gasteiger partial charge in [-0.05, 0) is 24.6 Å². The first kappa shape index (κ1) is 16.0. The highest BCUT2D eigenvalue weighted by molar-refractivity contribution is 5.94. The number of imidazole rings is 1. The summed E-state index contributed by atoms with van der Waals surface area (Å²) in [6.07, 6.45) is 4.49. The molecule has 1 fully saturated rings. The van der Waals surface area contributed by atoms with Gasteiger partial charge in [0.1, 0.15) is 25.1 Å². The molecule has 0 unspecified atom stereocenters. The maximum absolute atomic E-state index is 12.5. The molecule has 2 aliphatic heterocycles. The van der Waals surface area contributed by atoms with Crippen LogP contribution in [0.5, 0.6) is 11.5 Å². The first-order valence-corrected chi connectivity index (χ1v) is 8.49. The Hall–Kier alpha value is -2.54. The van der Waals surface area contributed by atoms with Crippen molar-refractivity contribution in [3.63, 3.8) is 0 Å². The van der Waals surface area contributed by atoms with E-state index < -0.39 is 0 Å². The standard InChI is InChI=1S/C18H21N3O4/c1-21-6-5-19-17(21)16-13(4-7-25-16)11-20-18(22)12-2-3-14-15(10-12)24-9-8-23-14/h2-3,5-6,10,13,16H,4,7-9,11H2,1H3,(H,20,22)/t13-,16+/m0/s1. The number of nitrogens with one attached hydrogen (secondary N) is 1. The van der Waals surface area contributed by atoms with Crippen molar-refractivity contribution < 1.29 is 19.0 Å². The lowest BCUT2D eigenvalue weighted by Crippen LogP contribution is -2.31. The van der Waals surface area contributed by atoms with E-state index >= 15 is 0 Å². The fourth-order valence-electron chi connectivity index (χ4n) is 3.29. The molecule has 3 heterocycles. The Labute approximate surface area is 145 Å². The molecular formula is C18H21N3O4. The zero-order valence-electron chi connectivity index (χ0n) is 14.1. The summed E-state index contributed by atoms with van der Waals surface area (Å²) >= 11 is 0. The van der Waals surface area contributed by atoms with Crippen LogP contribution >= 0.6 is 0 Å². The second-order valence-corrected chi connectivity index (χ2v) is 6.30. The van der Waals surface area contributed by atoms with Crippen molar-refractivity contribution in [3.8, 4) is 11.5 Å². The van der Waals surface area contributed by atoms with E-state index in [1.807, 2.05) is 17.8 Å². The van der Waals surface area contributed by atoms with Crippen LogP contribution < -0.4 is 14.8 Å². The molecule has 7 heteroatoms. The molecule has 1 saturated heterocycles. The number of fused-ring (bicyclic) bond motifs is 1. The Morgan fingerprint density at radius 1 is 1.28 bits per heavy atom. The van der Waals surface area contributed by atoms with Crippen molar-refractivity contribution in [2.75, 3.05) is 26.4 Å². The van der Waals surface area contributed by atoms with E-state index in [0.29, 0.717) is 43.4 Å². The lowest BCUT2D eigenvalue weighted by Gasteiger charge is -2.20. The van der Waals surface area contributed by atoms with Gasteiger partial charge in [0, 0.05) is 44.1 Å². The number of carbonyl (C=O) groups excluding carboxylic acids is 1. The molecule has 0 spiro atoms. The lowest BCUT2D eigenvalue weighted by atomic mass is 10.0. The van der Waals surface area contributed by atoms with E-state index in [0.717, 1.165) is 12.2 Å². The maximum Gasteiger partial charge on any atom is 0.251 e. The minimum atomic E-state index is -0.123. The van der Waals surface area contributed by atoms with Gasteiger partial charge in [0.15, 0.2) is 11.5 Å². The van der Waals surface area contributed by atoms with Crippen LogP contribution in [0.2, 0.25) is 0 Å². The molecule has 2 aliphatic rings. The third-order valence-electron chi connectivity index (χ3n) is 4.66. The number of hydrogen-bond acceptors (Lipinski definition) is 5. The fourth-order valence-corrected chi connectivity index (χ4v) is 3.29. The summed E-state index contributed by atoms with van der Waals surface area (Å²) in [6.45, 7) is 2.27. The number of amides is 1. The number of aromatic nitrogens is 2. The Morgan fingerprint density at radius 3 is 2.92 bits per heavy atom. The van der Waals surface area contributed by atoms with Crippen molar-refractivity contribution >= 4 is 5.91 Å². The molecule has 1 aromatic carbocycles. The normalized spacial score (nSPS) is 22.0.